The molecule has 0 unspecified atom stereocenters. The van der Waals surface area contributed by atoms with E-state index in [0.29, 0.717) is 17.6 Å². The molecule has 1 aliphatic rings. The highest BCUT2D eigenvalue weighted by Crippen LogP contribution is 2.40. The topological polar surface area (TPSA) is 48.5 Å². The van der Waals surface area contributed by atoms with Crippen molar-refractivity contribution < 1.29 is 0 Å². The van der Waals surface area contributed by atoms with Crippen molar-refractivity contribution in [2.24, 2.45) is 0 Å². The van der Waals surface area contributed by atoms with Gasteiger partial charge in [0.05, 0.1) is 22.1 Å². The molecule has 0 radical (unpaired) electrons. The van der Waals surface area contributed by atoms with Gasteiger partial charge in [-0.15, -0.1) is 0 Å². The SMILES string of the molecule is C1=CCCC(c2nc(-c3ccccc3)nc(-n3c4ccc(-c5ccccc5)cc4c4cc(-c5ccc6c(c5)c5cc(-c7ccccc7)ccc5n6-c5ccccc5)ccc43)n2)=C1. The quantitative estimate of drug-likeness (QED) is 0.161. The fourth-order valence-electron chi connectivity index (χ4n) is 9.21. The van der Waals surface area contributed by atoms with Crippen molar-refractivity contribution in [3.63, 3.8) is 0 Å². The second-order valence-electron chi connectivity index (χ2n) is 16.0. The van der Waals surface area contributed by atoms with Crippen LogP contribution in [0.4, 0.5) is 0 Å². The Bertz CT molecular complexity index is 3540. The van der Waals surface area contributed by atoms with Gasteiger partial charge in [-0.2, -0.15) is 9.97 Å². The van der Waals surface area contributed by atoms with Crippen LogP contribution in [0.2, 0.25) is 0 Å². The minimum Gasteiger partial charge on any atom is -0.309 e. The van der Waals surface area contributed by atoms with E-state index in [1.54, 1.807) is 0 Å². The minimum atomic E-state index is 0.605. The van der Waals surface area contributed by atoms with Gasteiger partial charge in [-0.05, 0) is 112 Å². The first-order valence-electron chi connectivity index (χ1n) is 21.2. The van der Waals surface area contributed by atoms with Crippen LogP contribution in [0.1, 0.15) is 18.7 Å². The summed E-state index contributed by atoms with van der Waals surface area (Å²) in [4.78, 5) is 15.5. The van der Waals surface area contributed by atoms with Crippen LogP contribution in [0.3, 0.4) is 0 Å². The van der Waals surface area contributed by atoms with Gasteiger partial charge >= 0.3 is 0 Å². The lowest BCUT2D eigenvalue weighted by Crippen LogP contribution is -2.08. The molecule has 12 rings (SSSR count). The molecule has 3 aromatic heterocycles. The third-order valence-corrected chi connectivity index (χ3v) is 12.2. The molecule has 5 heteroatoms. The van der Waals surface area contributed by atoms with Crippen molar-refractivity contribution >= 4 is 49.2 Å². The van der Waals surface area contributed by atoms with Gasteiger partial charge in [0.1, 0.15) is 0 Å². The molecule has 11 aromatic rings. The largest absolute Gasteiger partial charge is 0.309 e. The number of benzene rings is 8. The Labute approximate surface area is 359 Å². The van der Waals surface area contributed by atoms with E-state index in [9.17, 15) is 0 Å². The normalized spacial score (nSPS) is 12.7. The number of rotatable bonds is 7. The zero-order valence-corrected chi connectivity index (χ0v) is 33.9. The monoisotopic (exact) mass is 793 g/mol. The van der Waals surface area contributed by atoms with Crippen molar-refractivity contribution in [1.29, 1.82) is 0 Å². The van der Waals surface area contributed by atoms with Crippen molar-refractivity contribution in [3.05, 3.63) is 218 Å². The number of para-hydroxylation sites is 1. The molecule has 292 valence electrons. The summed E-state index contributed by atoms with van der Waals surface area (Å²) in [5, 5.41) is 4.71. The molecule has 5 nitrogen and oxygen atoms in total. The summed E-state index contributed by atoms with van der Waals surface area (Å²) in [5.74, 6) is 1.98. The van der Waals surface area contributed by atoms with E-state index >= 15 is 0 Å². The van der Waals surface area contributed by atoms with Crippen LogP contribution in [0.15, 0.2) is 212 Å². The maximum Gasteiger partial charge on any atom is 0.238 e. The first kappa shape index (κ1) is 35.8. The Balaban J connectivity index is 1.08. The Hall–Kier alpha value is -8.15. The van der Waals surface area contributed by atoms with Gasteiger partial charge in [-0.25, -0.2) is 4.98 Å². The van der Waals surface area contributed by atoms with Gasteiger partial charge in [0.2, 0.25) is 5.95 Å². The molecule has 0 aliphatic heterocycles. The van der Waals surface area contributed by atoms with Crippen LogP contribution in [-0.4, -0.2) is 24.1 Å². The number of aromatic nitrogens is 5. The lowest BCUT2D eigenvalue weighted by atomic mass is 9.98. The number of nitrogens with zero attached hydrogens (tertiary/aromatic N) is 5. The van der Waals surface area contributed by atoms with E-state index in [4.69, 9.17) is 15.0 Å². The molecule has 3 heterocycles. The number of fused-ring (bicyclic) bond motifs is 6. The predicted octanol–water partition coefficient (Wildman–Crippen LogP) is 14.5. The second-order valence-corrected chi connectivity index (χ2v) is 16.0. The molecule has 0 saturated heterocycles. The number of hydrogen-bond donors (Lipinski definition) is 0. The van der Waals surface area contributed by atoms with E-state index in [2.05, 4.69) is 203 Å². The average molecular weight is 794 g/mol. The van der Waals surface area contributed by atoms with E-state index in [0.717, 1.165) is 68.2 Å². The summed E-state index contributed by atoms with van der Waals surface area (Å²) >= 11 is 0. The summed E-state index contributed by atoms with van der Waals surface area (Å²) in [5.41, 5.74) is 14.7. The third-order valence-electron chi connectivity index (χ3n) is 12.2. The zero-order chi connectivity index (χ0) is 41.0. The summed E-state index contributed by atoms with van der Waals surface area (Å²) in [6, 6.07) is 69.6. The average Bonchev–Trinajstić information content (AvgIpc) is 3.86. The highest BCUT2D eigenvalue weighted by atomic mass is 15.2. The van der Waals surface area contributed by atoms with Gasteiger partial charge in [-0.1, -0.05) is 152 Å². The molecule has 0 amide bonds. The number of hydrogen-bond acceptors (Lipinski definition) is 3. The van der Waals surface area contributed by atoms with Crippen molar-refractivity contribution in [3.8, 4) is 56.4 Å². The lowest BCUT2D eigenvalue weighted by Gasteiger charge is -2.13. The molecule has 62 heavy (non-hydrogen) atoms. The van der Waals surface area contributed by atoms with Gasteiger partial charge in [0.25, 0.3) is 0 Å². The Morgan fingerprint density at radius 1 is 0.355 bits per heavy atom. The smallest absolute Gasteiger partial charge is 0.238 e. The Morgan fingerprint density at radius 2 is 0.774 bits per heavy atom. The van der Waals surface area contributed by atoms with E-state index < -0.39 is 0 Å². The first-order valence-corrected chi connectivity index (χ1v) is 21.2. The number of allylic oxidation sites excluding steroid dienone is 4. The van der Waals surface area contributed by atoms with Crippen LogP contribution in [-0.2, 0) is 0 Å². The molecule has 0 saturated carbocycles. The molecule has 0 fully saturated rings. The highest BCUT2D eigenvalue weighted by molar-refractivity contribution is 6.13. The minimum absolute atomic E-state index is 0.605. The van der Waals surface area contributed by atoms with Crippen molar-refractivity contribution in [2.75, 3.05) is 0 Å². The maximum atomic E-state index is 5.24. The summed E-state index contributed by atoms with van der Waals surface area (Å²) in [6.45, 7) is 0. The molecule has 8 aromatic carbocycles. The fourth-order valence-corrected chi connectivity index (χ4v) is 9.21. The molecule has 0 N–H and O–H groups in total. The highest BCUT2D eigenvalue weighted by Gasteiger charge is 2.21. The van der Waals surface area contributed by atoms with Crippen molar-refractivity contribution in [1.82, 2.24) is 24.1 Å². The van der Waals surface area contributed by atoms with Crippen LogP contribution in [0, 0.1) is 0 Å². The fraction of sp³-hybridized carbons (Fsp3) is 0.0351. The third kappa shape index (κ3) is 6.13. The Kier molecular flexibility index (Phi) is 8.56. The van der Waals surface area contributed by atoms with Gasteiger partial charge < -0.3 is 4.57 Å². The molecule has 1 aliphatic carbocycles. The summed E-state index contributed by atoms with van der Waals surface area (Å²) < 4.78 is 4.61. The van der Waals surface area contributed by atoms with Crippen molar-refractivity contribution in [2.45, 2.75) is 12.8 Å². The molecule has 0 atom stereocenters. The molecule has 0 bridgehead atoms. The van der Waals surface area contributed by atoms with Crippen LogP contribution in [0.5, 0.6) is 0 Å². The van der Waals surface area contributed by atoms with E-state index in [1.165, 1.54) is 38.5 Å². The first-order chi connectivity index (χ1) is 30.7. The van der Waals surface area contributed by atoms with Gasteiger partial charge in [0, 0.05) is 32.8 Å². The van der Waals surface area contributed by atoms with Crippen LogP contribution >= 0.6 is 0 Å². The standard InChI is InChI=1S/C57H39N5/c1-6-16-38(17-7-1)42-26-30-51-47(34-42)48-36-44(28-31-52(48)61(51)46-24-14-5-15-25-46)45-29-33-54-50(37-45)49-35-43(39-18-8-2-9-19-39)27-32-53(49)62(54)57-59-55(40-20-10-3-11-21-40)58-56(60-57)41-22-12-4-13-23-41/h1-12,14-22,24-37H,13,23H2. The van der Waals surface area contributed by atoms with Crippen LogP contribution in [0.25, 0.3) is 106 Å². The zero-order valence-electron chi connectivity index (χ0n) is 33.9. The lowest BCUT2D eigenvalue weighted by molar-refractivity contribution is 0.913. The maximum absolute atomic E-state index is 5.24. The van der Waals surface area contributed by atoms with E-state index in [-0.39, 0.29) is 0 Å². The second kappa shape index (κ2) is 14.8. The van der Waals surface area contributed by atoms with Crippen LogP contribution < -0.4 is 0 Å². The molecule has 0 spiro atoms. The molecular formula is C57H39N5. The van der Waals surface area contributed by atoms with Gasteiger partial charge in [0.15, 0.2) is 11.6 Å². The Morgan fingerprint density at radius 3 is 1.24 bits per heavy atom. The summed E-state index contributed by atoms with van der Waals surface area (Å²) in [6.07, 6.45) is 8.28. The van der Waals surface area contributed by atoms with E-state index in [1.807, 2.05) is 18.2 Å². The summed E-state index contributed by atoms with van der Waals surface area (Å²) in [7, 11) is 0. The predicted molar refractivity (Wildman–Crippen MR) is 257 cm³/mol. The molecular weight excluding hydrogens is 755 g/mol. The van der Waals surface area contributed by atoms with Gasteiger partial charge in [-0.3, -0.25) is 4.57 Å².